The Kier molecular flexibility index (Phi) is 5.68. The molecule has 2 aromatic heterocycles. The summed E-state index contributed by atoms with van der Waals surface area (Å²) in [6.45, 7) is 8.44. The summed E-state index contributed by atoms with van der Waals surface area (Å²) in [4.78, 5) is 17.4. The third kappa shape index (κ3) is 4.40. The maximum atomic E-state index is 11.4. The summed E-state index contributed by atoms with van der Waals surface area (Å²) in [5.41, 5.74) is 3.75. The highest BCUT2D eigenvalue weighted by Gasteiger charge is 2.32. The van der Waals surface area contributed by atoms with Gasteiger partial charge >= 0.3 is 0 Å². The number of rotatable bonds is 4. The van der Waals surface area contributed by atoms with Crippen molar-refractivity contribution < 1.29 is 9.21 Å². The Morgan fingerprint density at radius 1 is 1.23 bits per heavy atom. The Labute approximate surface area is 187 Å². The van der Waals surface area contributed by atoms with Gasteiger partial charge in [-0.15, -0.1) is 11.3 Å². The van der Waals surface area contributed by atoms with Crippen LogP contribution in [0.2, 0.25) is 0 Å². The Hall–Kier alpha value is -2.97. The Morgan fingerprint density at radius 2 is 1.97 bits per heavy atom. The van der Waals surface area contributed by atoms with Gasteiger partial charge in [-0.3, -0.25) is 4.79 Å². The second-order valence-corrected chi connectivity index (χ2v) is 10.3. The monoisotopic (exact) mass is 430 g/mol. The fourth-order valence-corrected chi connectivity index (χ4v) is 5.31. The van der Waals surface area contributed by atoms with Crippen LogP contribution in [0.5, 0.6) is 0 Å². The average Bonchev–Trinajstić information content (AvgIpc) is 3.35. The first kappa shape index (κ1) is 21.3. The maximum absolute atomic E-state index is 11.4. The first-order chi connectivity index (χ1) is 14.8. The number of fused-ring (bicyclic) bond motifs is 1. The zero-order valence-electron chi connectivity index (χ0n) is 18.4. The number of Topliss-reactive ketones (excluding diaryl/α,β-unsaturated/α-hetero) is 1. The fraction of sp³-hybridized carbons (Fsp3) is 0.346. The van der Waals surface area contributed by atoms with Gasteiger partial charge in [-0.1, -0.05) is 45.0 Å². The molecule has 4 rings (SSSR count). The van der Waals surface area contributed by atoms with E-state index in [9.17, 15) is 10.1 Å². The van der Waals surface area contributed by atoms with Crippen LogP contribution in [0.25, 0.3) is 11.3 Å². The van der Waals surface area contributed by atoms with Gasteiger partial charge in [-0.05, 0) is 55.2 Å². The Morgan fingerprint density at radius 3 is 2.61 bits per heavy atom. The molecule has 0 bridgehead atoms. The number of ketones is 1. The second kappa shape index (κ2) is 8.28. The van der Waals surface area contributed by atoms with Crippen molar-refractivity contribution in [3.05, 3.63) is 63.7 Å². The van der Waals surface area contributed by atoms with E-state index >= 15 is 0 Å². The number of hydrogen-bond donors (Lipinski definition) is 0. The van der Waals surface area contributed by atoms with Crippen LogP contribution in [-0.2, 0) is 12.8 Å². The quantitative estimate of drug-likeness (QED) is 0.331. The number of hydrogen-bond acceptors (Lipinski definition) is 5. The molecule has 0 unspecified atom stereocenters. The number of nitrogens with zero attached hydrogens (tertiary/aromatic N) is 2. The highest BCUT2D eigenvalue weighted by molar-refractivity contribution is 7.16. The highest BCUT2D eigenvalue weighted by Crippen LogP contribution is 2.44. The first-order valence-corrected chi connectivity index (χ1v) is 11.4. The van der Waals surface area contributed by atoms with E-state index in [0.717, 1.165) is 41.2 Å². The molecule has 1 aliphatic rings. The summed E-state index contributed by atoms with van der Waals surface area (Å²) in [7, 11) is 0. The summed E-state index contributed by atoms with van der Waals surface area (Å²) in [5, 5.41) is 10.5. The molecule has 0 fully saturated rings. The standard InChI is InChI=1S/C26H26N2O2S/c1-16(29)17-5-7-18(8-6-17)23-12-10-20(30-23)15-28-25-22(14-27)21-11-9-19(26(2,3)4)13-24(21)31-25/h5-8,10,12,15,19H,9,11,13H2,1-4H3/t19-/m1/s1. The number of nitriles is 1. The number of carbonyl (C=O) groups is 1. The van der Waals surface area contributed by atoms with Gasteiger partial charge in [-0.25, -0.2) is 4.99 Å². The maximum Gasteiger partial charge on any atom is 0.159 e. The van der Waals surface area contributed by atoms with Crippen LogP contribution in [0.3, 0.4) is 0 Å². The third-order valence-electron chi connectivity index (χ3n) is 6.10. The summed E-state index contributed by atoms with van der Waals surface area (Å²) in [5.74, 6) is 2.02. The van der Waals surface area contributed by atoms with Gasteiger partial charge in [0.1, 0.15) is 22.6 Å². The lowest BCUT2D eigenvalue weighted by Crippen LogP contribution is -2.26. The molecule has 3 aromatic rings. The minimum absolute atomic E-state index is 0.0413. The molecule has 158 valence electrons. The van der Waals surface area contributed by atoms with Gasteiger partial charge in [0, 0.05) is 16.0 Å². The van der Waals surface area contributed by atoms with Crippen molar-refractivity contribution in [2.45, 2.75) is 47.0 Å². The van der Waals surface area contributed by atoms with E-state index in [1.807, 2.05) is 24.3 Å². The van der Waals surface area contributed by atoms with E-state index in [1.165, 1.54) is 10.4 Å². The van der Waals surface area contributed by atoms with Crippen LogP contribution in [0.4, 0.5) is 5.00 Å². The van der Waals surface area contributed by atoms with E-state index in [4.69, 9.17) is 4.42 Å². The molecule has 2 heterocycles. The molecule has 0 aliphatic heterocycles. The largest absolute Gasteiger partial charge is 0.455 e. The van der Waals surface area contributed by atoms with Crippen molar-refractivity contribution in [1.82, 2.24) is 0 Å². The van der Waals surface area contributed by atoms with Crippen molar-refractivity contribution >= 4 is 28.3 Å². The van der Waals surface area contributed by atoms with Crippen LogP contribution >= 0.6 is 11.3 Å². The fourth-order valence-electron chi connectivity index (χ4n) is 4.09. The van der Waals surface area contributed by atoms with Crippen molar-refractivity contribution in [1.29, 1.82) is 5.26 Å². The molecular formula is C26H26N2O2S. The molecule has 1 aliphatic carbocycles. The van der Waals surface area contributed by atoms with E-state index in [0.29, 0.717) is 17.2 Å². The van der Waals surface area contributed by atoms with Gasteiger partial charge in [0.2, 0.25) is 0 Å². The smallest absolute Gasteiger partial charge is 0.159 e. The lowest BCUT2D eigenvalue weighted by Gasteiger charge is -2.33. The number of benzene rings is 1. The van der Waals surface area contributed by atoms with E-state index in [-0.39, 0.29) is 11.2 Å². The van der Waals surface area contributed by atoms with Gasteiger partial charge in [0.05, 0.1) is 11.8 Å². The summed E-state index contributed by atoms with van der Waals surface area (Å²) in [6, 6.07) is 13.5. The van der Waals surface area contributed by atoms with E-state index in [1.54, 1.807) is 36.6 Å². The SMILES string of the molecule is CC(=O)c1ccc(-c2ccc(C=Nc3sc4c(c3C#N)CC[C@@H](C(C)(C)C)C4)o2)cc1. The molecule has 4 nitrogen and oxygen atoms in total. The summed E-state index contributed by atoms with van der Waals surface area (Å²) in [6.07, 6.45) is 4.78. The zero-order valence-corrected chi connectivity index (χ0v) is 19.2. The predicted octanol–water partition coefficient (Wildman–Crippen LogP) is 6.98. The number of carbonyl (C=O) groups excluding carboxylic acids is 1. The molecule has 0 radical (unpaired) electrons. The lowest BCUT2D eigenvalue weighted by molar-refractivity contribution is 0.101. The van der Waals surface area contributed by atoms with Crippen LogP contribution in [0, 0.1) is 22.7 Å². The van der Waals surface area contributed by atoms with Gasteiger partial charge in [-0.2, -0.15) is 5.26 Å². The molecular weight excluding hydrogens is 404 g/mol. The normalized spacial score (nSPS) is 16.3. The minimum atomic E-state index is 0.0413. The Balaban J connectivity index is 1.55. The van der Waals surface area contributed by atoms with E-state index < -0.39 is 0 Å². The highest BCUT2D eigenvalue weighted by atomic mass is 32.1. The molecule has 0 amide bonds. The van der Waals surface area contributed by atoms with Crippen molar-refractivity contribution in [3.63, 3.8) is 0 Å². The lowest BCUT2D eigenvalue weighted by atomic mass is 9.72. The van der Waals surface area contributed by atoms with Crippen molar-refractivity contribution in [2.75, 3.05) is 0 Å². The molecule has 0 saturated heterocycles. The number of aliphatic imine (C=N–C) groups is 1. The molecule has 0 saturated carbocycles. The summed E-state index contributed by atoms with van der Waals surface area (Å²) < 4.78 is 5.92. The van der Waals surface area contributed by atoms with Gasteiger partial charge in [0.25, 0.3) is 0 Å². The number of thiophene rings is 1. The molecule has 1 aromatic carbocycles. The van der Waals surface area contributed by atoms with Crippen LogP contribution in [0.1, 0.15) is 66.2 Å². The first-order valence-electron chi connectivity index (χ1n) is 10.6. The summed E-state index contributed by atoms with van der Waals surface area (Å²) >= 11 is 1.64. The number of furan rings is 1. The molecule has 0 N–H and O–H groups in total. The van der Waals surface area contributed by atoms with Crippen molar-refractivity contribution in [2.24, 2.45) is 16.3 Å². The van der Waals surface area contributed by atoms with Crippen LogP contribution < -0.4 is 0 Å². The van der Waals surface area contributed by atoms with Crippen LogP contribution in [0.15, 0.2) is 45.8 Å². The van der Waals surface area contributed by atoms with Gasteiger partial charge in [0.15, 0.2) is 5.78 Å². The molecule has 1 atom stereocenters. The predicted molar refractivity (Wildman–Crippen MR) is 125 cm³/mol. The zero-order chi connectivity index (χ0) is 22.2. The minimum Gasteiger partial charge on any atom is -0.455 e. The Bertz CT molecular complexity index is 1180. The van der Waals surface area contributed by atoms with Crippen LogP contribution in [-0.4, -0.2) is 12.0 Å². The van der Waals surface area contributed by atoms with E-state index in [2.05, 4.69) is 31.8 Å². The molecule has 0 spiro atoms. The average molecular weight is 431 g/mol. The topological polar surface area (TPSA) is 66.4 Å². The third-order valence-corrected chi connectivity index (χ3v) is 7.26. The molecule has 31 heavy (non-hydrogen) atoms. The van der Waals surface area contributed by atoms with Gasteiger partial charge < -0.3 is 4.42 Å². The second-order valence-electron chi connectivity index (χ2n) is 9.20. The molecule has 5 heteroatoms. The van der Waals surface area contributed by atoms with Crippen molar-refractivity contribution in [3.8, 4) is 17.4 Å².